The van der Waals surface area contributed by atoms with E-state index in [4.69, 9.17) is 4.42 Å². The summed E-state index contributed by atoms with van der Waals surface area (Å²) in [5.74, 6) is -0.499. The number of rotatable bonds is 3. The minimum Gasteiger partial charge on any atom is -0.408 e. The Kier molecular flexibility index (Phi) is 3.84. The van der Waals surface area contributed by atoms with Gasteiger partial charge in [0, 0.05) is 33.2 Å². The topological polar surface area (TPSA) is 75.8 Å². The molecular weight excluding hydrogens is 306 g/mol. The van der Waals surface area contributed by atoms with Crippen LogP contribution in [0.15, 0.2) is 32.3 Å². The predicted molar refractivity (Wildman–Crippen MR) is 82.3 cm³/mol. The van der Waals surface area contributed by atoms with Crippen molar-refractivity contribution in [2.75, 3.05) is 32.7 Å². The molecule has 7 nitrogen and oxygen atoms in total. The second kappa shape index (κ2) is 5.53. The Labute approximate surface area is 128 Å². The van der Waals surface area contributed by atoms with E-state index in [1.54, 1.807) is 7.05 Å². The maximum atomic E-state index is 12.7. The third-order valence-electron chi connectivity index (χ3n) is 4.18. The monoisotopic (exact) mass is 325 g/mol. The first kappa shape index (κ1) is 15.3. The van der Waals surface area contributed by atoms with E-state index in [0.717, 1.165) is 19.6 Å². The Bertz CT molecular complexity index is 845. The van der Waals surface area contributed by atoms with E-state index in [1.165, 1.54) is 27.1 Å². The van der Waals surface area contributed by atoms with Gasteiger partial charge in [-0.25, -0.2) is 13.2 Å². The summed E-state index contributed by atoms with van der Waals surface area (Å²) < 4.78 is 33.3. The van der Waals surface area contributed by atoms with Crippen molar-refractivity contribution in [1.82, 2.24) is 13.8 Å². The van der Waals surface area contributed by atoms with E-state index in [9.17, 15) is 13.2 Å². The minimum atomic E-state index is -3.54. The first-order chi connectivity index (χ1) is 10.4. The average Bonchev–Trinajstić information content (AvgIpc) is 2.82. The zero-order valence-electron chi connectivity index (χ0n) is 12.7. The third kappa shape index (κ3) is 2.47. The normalized spacial score (nSPS) is 18.1. The Morgan fingerprint density at radius 1 is 1.18 bits per heavy atom. The molecule has 8 heteroatoms. The molecule has 0 saturated carbocycles. The van der Waals surface area contributed by atoms with Gasteiger partial charge in [0.05, 0.1) is 10.4 Å². The lowest BCUT2D eigenvalue weighted by Crippen LogP contribution is -2.48. The van der Waals surface area contributed by atoms with Crippen LogP contribution in [0.5, 0.6) is 0 Å². The number of aryl methyl sites for hydroxylation is 1. The Hall–Kier alpha value is -1.64. The molecule has 2 aromatic rings. The highest BCUT2D eigenvalue weighted by atomic mass is 32.2. The summed E-state index contributed by atoms with van der Waals surface area (Å²) in [5, 5.41) is 0. The third-order valence-corrected chi connectivity index (χ3v) is 6.07. The van der Waals surface area contributed by atoms with Gasteiger partial charge in [0.25, 0.3) is 0 Å². The second-order valence-corrected chi connectivity index (χ2v) is 7.33. The number of oxazole rings is 1. The van der Waals surface area contributed by atoms with Gasteiger partial charge in [0.15, 0.2) is 5.58 Å². The van der Waals surface area contributed by atoms with Crippen LogP contribution in [0.2, 0.25) is 0 Å². The summed E-state index contributed by atoms with van der Waals surface area (Å²) in [7, 11) is -1.98. The molecule has 22 heavy (non-hydrogen) atoms. The molecule has 0 spiro atoms. The van der Waals surface area contributed by atoms with Crippen LogP contribution in [0.4, 0.5) is 0 Å². The molecule has 1 aromatic heterocycles. The fraction of sp³-hybridized carbons (Fsp3) is 0.500. The first-order valence-corrected chi connectivity index (χ1v) is 8.69. The molecule has 1 fully saturated rings. The van der Waals surface area contributed by atoms with Crippen LogP contribution < -0.4 is 5.76 Å². The van der Waals surface area contributed by atoms with E-state index >= 15 is 0 Å². The molecule has 120 valence electrons. The van der Waals surface area contributed by atoms with E-state index < -0.39 is 15.8 Å². The number of sulfonamides is 1. The standard InChI is InChI=1S/C14H19N3O4S/c1-3-16-6-8-17(9-7-16)22(19,20)11-4-5-13-12(10-11)15(2)14(18)21-13/h4-5,10H,3,6-9H2,1-2H3. The van der Waals surface area contributed by atoms with Crippen molar-refractivity contribution in [3.05, 3.63) is 28.7 Å². The molecule has 3 rings (SSSR count). The summed E-state index contributed by atoms with van der Waals surface area (Å²) in [6.07, 6.45) is 0. The van der Waals surface area contributed by atoms with Gasteiger partial charge >= 0.3 is 5.76 Å². The summed E-state index contributed by atoms with van der Waals surface area (Å²) in [6.45, 7) is 5.44. The predicted octanol–water partition coefficient (Wildman–Crippen LogP) is 0.458. The van der Waals surface area contributed by atoms with Crippen LogP contribution in [0.1, 0.15) is 6.92 Å². The Morgan fingerprint density at radius 3 is 2.50 bits per heavy atom. The van der Waals surface area contributed by atoms with Crippen LogP contribution >= 0.6 is 0 Å². The SMILES string of the molecule is CCN1CCN(S(=O)(=O)c2ccc3oc(=O)n(C)c3c2)CC1. The quantitative estimate of drug-likeness (QED) is 0.819. The second-order valence-electron chi connectivity index (χ2n) is 5.39. The van der Waals surface area contributed by atoms with Crippen molar-refractivity contribution in [1.29, 1.82) is 0 Å². The van der Waals surface area contributed by atoms with Crippen molar-refractivity contribution >= 4 is 21.1 Å². The first-order valence-electron chi connectivity index (χ1n) is 7.25. The highest BCUT2D eigenvalue weighted by molar-refractivity contribution is 7.89. The molecule has 0 N–H and O–H groups in total. The molecule has 0 atom stereocenters. The maximum Gasteiger partial charge on any atom is 0.419 e. The van der Waals surface area contributed by atoms with Crippen molar-refractivity contribution < 1.29 is 12.8 Å². The molecule has 0 bridgehead atoms. The lowest BCUT2D eigenvalue weighted by atomic mass is 10.3. The van der Waals surface area contributed by atoms with Crippen molar-refractivity contribution in [2.45, 2.75) is 11.8 Å². The molecule has 0 amide bonds. The molecule has 0 unspecified atom stereocenters. The highest BCUT2D eigenvalue weighted by Crippen LogP contribution is 2.22. The number of aromatic nitrogens is 1. The fourth-order valence-corrected chi connectivity index (χ4v) is 4.14. The van der Waals surface area contributed by atoms with Gasteiger partial charge in [-0.2, -0.15) is 4.31 Å². The van der Waals surface area contributed by atoms with Crippen LogP contribution in [-0.4, -0.2) is 54.9 Å². The lowest BCUT2D eigenvalue weighted by Gasteiger charge is -2.33. The lowest BCUT2D eigenvalue weighted by molar-refractivity contribution is 0.196. The van der Waals surface area contributed by atoms with Crippen LogP contribution in [0.3, 0.4) is 0 Å². The van der Waals surface area contributed by atoms with E-state index in [2.05, 4.69) is 11.8 Å². The minimum absolute atomic E-state index is 0.196. The zero-order chi connectivity index (χ0) is 15.9. The summed E-state index contributed by atoms with van der Waals surface area (Å²) in [6, 6.07) is 4.53. The molecule has 2 heterocycles. The van der Waals surface area contributed by atoms with Gasteiger partial charge in [-0.15, -0.1) is 0 Å². The molecular formula is C14H19N3O4S. The number of hydrogen-bond donors (Lipinski definition) is 0. The van der Waals surface area contributed by atoms with Crippen LogP contribution in [-0.2, 0) is 17.1 Å². The fourth-order valence-electron chi connectivity index (χ4n) is 2.70. The molecule has 1 aromatic carbocycles. The Morgan fingerprint density at radius 2 is 1.86 bits per heavy atom. The smallest absolute Gasteiger partial charge is 0.408 e. The average molecular weight is 325 g/mol. The Balaban J connectivity index is 1.95. The largest absolute Gasteiger partial charge is 0.419 e. The summed E-state index contributed by atoms with van der Waals surface area (Å²) in [5.41, 5.74) is 0.875. The maximum absolute atomic E-state index is 12.7. The number of fused-ring (bicyclic) bond motifs is 1. The number of benzene rings is 1. The molecule has 1 aliphatic rings. The van der Waals surface area contributed by atoms with Gasteiger partial charge in [-0.1, -0.05) is 6.92 Å². The van der Waals surface area contributed by atoms with E-state index in [1.807, 2.05) is 0 Å². The molecule has 1 saturated heterocycles. The number of piperazine rings is 1. The molecule has 0 radical (unpaired) electrons. The molecule has 1 aliphatic heterocycles. The van der Waals surface area contributed by atoms with Gasteiger partial charge in [-0.3, -0.25) is 4.57 Å². The van der Waals surface area contributed by atoms with E-state index in [0.29, 0.717) is 24.2 Å². The van der Waals surface area contributed by atoms with Crippen molar-refractivity contribution in [2.24, 2.45) is 7.05 Å². The summed E-state index contributed by atoms with van der Waals surface area (Å²) in [4.78, 5) is 13.9. The van der Waals surface area contributed by atoms with Gasteiger partial charge in [0.2, 0.25) is 10.0 Å². The van der Waals surface area contributed by atoms with Crippen molar-refractivity contribution in [3.63, 3.8) is 0 Å². The highest BCUT2D eigenvalue weighted by Gasteiger charge is 2.28. The van der Waals surface area contributed by atoms with Gasteiger partial charge < -0.3 is 9.32 Å². The zero-order valence-corrected chi connectivity index (χ0v) is 13.5. The number of nitrogens with zero attached hydrogens (tertiary/aromatic N) is 3. The number of likely N-dealkylation sites (N-methyl/N-ethyl adjacent to an activating group) is 1. The van der Waals surface area contributed by atoms with Crippen molar-refractivity contribution in [3.8, 4) is 0 Å². The number of hydrogen-bond acceptors (Lipinski definition) is 5. The van der Waals surface area contributed by atoms with Crippen LogP contribution in [0, 0.1) is 0 Å². The molecule has 0 aliphatic carbocycles. The summed E-state index contributed by atoms with van der Waals surface area (Å²) >= 11 is 0. The van der Waals surface area contributed by atoms with E-state index in [-0.39, 0.29) is 4.90 Å². The van der Waals surface area contributed by atoms with Gasteiger partial charge in [-0.05, 0) is 24.7 Å². The van der Waals surface area contributed by atoms with Crippen LogP contribution in [0.25, 0.3) is 11.1 Å². The van der Waals surface area contributed by atoms with Gasteiger partial charge in [0.1, 0.15) is 0 Å².